The van der Waals surface area contributed by atoms with Gasteiger partial charge in [-0.15, -0.1) is 0 Å². The van der Waals surface area contributed by atoms with E-state index in [-0.39, 0.29) is 5.89 Å². The van der Waals surface area contributed by atoms with E-state index in [1.807, 2.05) is 0 Å². The molecular formula is C11H20. The van der Waals surface area contributed by atoms with Gasteiger partial charge in [0.25, 0.3) is 0 Å². The summed E-state index contributed by atoms with van der Waals surface area (Å²) in [6, 6.07) is 0. The molecule has 0 nitrogen and oxygen atoms in total. The molecule has 1 atom stereocenters. The van der Waals surface area contributed by atoms with Gasteiger partial charge in [0.15, 0.2) is 0 Å². The second kappa shape index (κ2) is 3.16. The first-order chi connectivity index (χ1) is 5.66. The Morgan fingerprint density at radius 2 is 1.45 bits per heavy atom. The van der Waals surface area contributed by atoms with Crippen molar-refractivity contribution in [1.29, 1.82) is 0 Å². The lowest BCUT2D eigenvalue weighted by atomic mass is 9.72. The third-order valence-electron chi connectivity index (χ3n) is 3.58. The number of rotatable bonds is 0. The summed E-state index contributed by atoms with van der Waals surface area (Å²) in [5.74, 6) is 1.78. The molecule has 0 aromatic carbocycles. The summed E-state index contributed by atoms with van der Waals surface area (Å²) < 4.78 is 8.12. The zero-order chi connectivity index (χ0) is 8.60. The van der Waals surface area contributed by atoms with E-state index in [1.54, 1.807) is 0 Å². The van der Waals surface area contributed by atoms with E-state index in [2.05, 4.69) is 6.92 Å². The normalized spacial score (nSPS) is 53.0. The van der Waals surface area contributed by atoms with Crippen molar-refractivity contribution < 1.29 is 1.37 Å². The molecule has 0 spiro atoms. The Balaban J connectivity index is 2.04. The fourth-order valence-corrected chi connectivity index (χ4v) is 2.77. The Morgan fingerprint density at radius 1 is 0.909 bits per heavy atom. The minimum Gasteiger partial charge on any atom is -0.0625 e. The van der Waals surface area contributed by atoms with Crippen LogP contribution in [0.1, 0.15) is 53.2 Å². The zero-order valence-electron chi connectivity index (χ0n) is 8.60. The predicted octanol–water partition coefficient (Wildman–Crippen LogP) is 3.61. The topological polar surface area (TPSA) is 0 Å². The Hall–Kier alpha value is 0. The summed E-state index contributed by atoms with van der Waals surface area (Å²) in [5.41, 5.74) is 0. The molecule has 2 bridgehead atoms. The first-order valence-electron chi connectivity index (χ1n) is 5.66. The summed E-state index contributed by atoms with van der Waals surface area (Å²) in [5, 5.41) is 0. The molecule has 3 aliphatic carbocycles. The first-order valence-corrected chi connectivity index (χ1v) is 5.16. The van der Waals surface area contributed by atoms with Crippen LogP contribution in [0.4, 0.5) is 0 Å². The highest BCUT2D eigenvalue weighted by molar-refractivity contribution is 4.78. The maximum absolute atomic E-state index is 8.12. The highest BCUT2D eigenvalue weighted by Crippen LogP contribution is 2.39. The van der Waals surface area contributed by atoms with Crippen LogP contribution in [0, 0.1) is 17.7 Å². The second-order valence-corrected chi connectivity index (χ2v) is 4.59. The first kappa shape index (κ1) is 6.51. The minimum atomic E-state index is -0.0935. The van der Waals surface area contributed by atoms with Gasteiger partial charge in [0.2, 0.25) is 0 Å². The van der Waals surface area contributed by atoms with E-state index in [1.165, 1.54) is 38.5 Å². The van der Waals surface area contributed by atoms with Crippen LogP contribution in [0.2, 0.25) is 0 Å². The molecule has 64 valence electrons. The van der Waals surface area contributed by atoms with Crippen molar-refractivity contribution in [3.8, 4) is 0 Å². The van der Waals surface area contributed by atoms with E-state index < -0.39 is 0 Å². The van der Waals surface area contributed by atoms with Gasteiger partial charge in [-0.05, 0) is 24.2 Å². The monoisotopic (exact) mass is 153 g/mol. The minimum absolute atomic E-state index is 0.0935. The van der Waals surface area contributed by atoms with Crippen molar-refractivity contribution in [2.45, 2.75) is 51.9 Å². The molecule has 0 saturated heterocycles. The average molecular weight is 153 g/mol. The molecule has 0 radical (unpaired) electrons. The summed E-state index contributed by atoms with van der Waals surface area (Å²) in [6.07, 6.45) is 9.39. The van der Waals surface area contributed by atoms with Gasteiger partial charge in [0, 0.05) is 1.37 Å². The van der Waals surface area contributed by atoms with Gasteiger partial charge in [0.1, 0.15) is 0 Å². The fourth-order valence-electron chi connectivity index (χ4n) is 2.77. The lowest BCUT2D eigenvalue weighted by molar-refractivity contribution is 0.185. The van der Waals surface area contributed by atoms with Crippen molar-refractivity contribution in [3.05, 3.63) is 0 Å². The molecule has 3 aliphatic rings. The van der Waals surface area contributed by atoms with Gasteiger partial charge in [0.05, 0.1) is 0 Å². The Kier molecular flexibility index (Phi) is 1.87. The number of fused-ring (bicyclic) bond motifs is 5. The molecule has 0 aromatic rings. The van der Waals surface area contributed by atoms with Gasteiger partial charge >= 0.3 is 0 Å². The summed E-state index contributed by atoms with van der Waals surface area (Å²) in [6.45, 7) is 2.13. The SMILES string of the molecule is [2H]C1(C)CCC2CCC(CC2)C1. The standard InChI is InChI=1S/C11H20/c1-9-2-3-10-4-6-11(8-9)7-5-10/h9-11H,2-8H2,1H3/i9D. The Bertz CT molecular complexity index is 154. The summed E-state index contributed by atoms with van der Waals surface area (Å²) in [4.78, 5) is 0. The molecular weight excluding hydrogens is 132 g/mol. The molecule has 11 heavy (non-hydrogen) atoms. The van der Waals surface area contributed by atoms with Crippen molar-refractivity contribution in [3.63, 3.8) is 0 Å². The van der Waals surface area contributed by atoms with Gasteiger partial charge in [-0.2, -0.15) is 0 Å². The molecule has 0 N–H and O–H groups in total. The molecule has 3 rings (SSSR count). The van der Waals surface area contributed by atoms with Crippen LogP contribution < -0.4 is 0 Å². The van der Waals surface area contributed by atoms with E-state index in [4.69, 9.17) is 1.37 Å². The van der Waals surface area contributed by atoms with E-state index in [9.17, 15) is 0 Å². The lowest BCUT2D eigenvalue weighted by Gasteiger charge is -2.34. The van der Waals surface area contributed by atoms with E-state index in [0.29, 0.717) is 0 Å². The van der Waals surface area contributed by atoms with Crippen LogP contribution in [0.15, 0.2) is 0 Å². The largest absolute Gasteiger partial charge is 0.0625 e. The maximum Gasteiger partial charge on any atom is 0.0300 e. The second-order valence-electron chi connectivity index (χ2n) is 4.59. The molecule has 3 fully saturated rings. The van der Waals surface area contributed by atoms with Crippen LogP contribution in [0.25, 0.3) is 0 Å². The van der Waals surface area contributed by atoms with Gasteiger partial charge in [-0.25, -0.2) is 0 Å². The summed E-state index contributed by atoms with van der Waals surface area (Å²) in [7, 11) is 0. The van der Waals surface area contributed by atoms with Crippen LogP contribution in [-0.4, -0.2) is 0 Å². The van der Waals surface area contributed by atoms with Gasteiger partial charge in [-0.3, -0.25) is 0 Å². The summed E-state index contributed by atoms with van der Waals surface area (Å²) >= 11 is 0. The van der Waals surface area contributed by atoms with Crippen molar-refractivity contribution in [2.75, 3.05) is 0 Å². The molecule has 0 aromatic heterocycles. The zero-order valence-corrected chi connectivity index (χ0v) is 7.60. The van der Waals surface area contributed by atoms with Crippen LogP contribution in [0.3, 0.4) is 0 Å². The van der Waals surface area contributed by atoms with E-state index in [0.717, 1.165) is 18.3 Å². The Labute approximate surface area is 71.8 Å². The van der Waals surface area contributed by atoms with Crippen molar-refractivity contribution >= 4 is 0 Å². The van der Waals surface area contributed by atoms with E-state index >= 15 is 0 Å². The van der Waals surface area contributed by atoms with Gasteiger partial charge < -0.3 is 0 Å². The molecule has 1 unspecified atom stereocenters. The quantitative estimate of drug-likeness (QED) is 0.498. The third-order valence-corrected chi connectivity index (χ3v) is 3.58. The predicted molar refractivity (Wildman–Crippen MR) is 48.5 cm³/mol. The molecule has 0 heterocycles. The number of hydrogen-bond acceptors (Lipinski definition) is 0. The number of hydrogen-bond donors (Lipinski definition) is 0. The molecule has 0 heteroatoms. The molecule has 0 amide bonds. The molecule has 0 aliphatic heterocycles. The van der Waals surface area contributed by atoms with Crippen LogP contribution in [-0.2, 0) is 0 Å². The van der Waals surface area contributed by atoms with Crippen LogP contribution in [0.5, 0.6) is 0 Å². The Morgan fingerprint density at radius 3 is 2.18 bits per heavy atom. The van der Waals surface area contributed by atoms with Crippen molar-refractivity contribution in [1.82, 2.24) is 0 Å². The third kappa shape index (κ3) is 1.77. The van der Waals surface area contributed by atoms with Crippen LogP contribution >= 0.6 is 0 Å². The highest BCUT2D eigenvalue weighted by atomic mass is 14.3. The molecule has 3 saturated carbocycles. The van der Waals surface area contributed by atoms with Crippen molar-refractivity contribution in [2.24, 2.45) is 17.7 Å². The fraction of sp³-hybridized carbons (Fsp3) is 1.00. The van der Waals surface area contributed by atoms with Gasteiger partial charge in [-0.1, -0.05) is 45.4 Å². The smallest absolute Gasteiger partial charge is 0.0300 e. The average Bonchev–Trinajstić information content (AvgIpc) is 1.99. The maximum atomic E-state index is 8.12. The lowest BCUT2D eigenvalue weighted by Crippen LogP contribution is -2.20. The highest BCUT2D eigenvalue weighted by Gasteiger charge is 2.25.